The van der Waals surface area contributed by atoms with Crippen molar-refractivity contribution in [2.24, 2.45) is 0 Å². The van der Waals surface area contributed by atoms with Crippen LogP contribution in [0.3, 0.4) is 0 Å². The average molecular weight is 530 g/mol. The van der Waals surface area contributed by atoms with Crippen LogP contribution in [-0.2, 0) is 34.2 Å². The molecule has 1 aromatic heterocycles. The molecular weight excluding hydrogens is 506 g/mol. The summed E-state index contributed by atoms with van der Waals surface area (Å²) < 4.78 is 61.3. The molecule has 4 rings (SSSR count). The summed E-state index contributed by atoms with van der Waals surface area (Å²) in [6.07, 6.45) is 0. The highest BCUT2D eigenvalue weighted by Gasteiger charge is 2.28. The molecule has 0 amide bonds. The second-order valence-electron chi connectivity index (χ2n) is 7.55. The highest BCUT2D eigenvalue weighted by molar-refractivity contribution is 7.90. The van der Waals surface area contributed by atoms with Gasteiger partial charge in [-0.1, -0.05) is 30.3 Å². The van der Waals surface area contributed by atoms with E-state index in [0.29, 0.717) is 17.1 Å². The summed E-state index contributed by atoms with van der Waals surface area (Å²) in [5.41, 5.74) is 1.60. The lowest BCUT2D eigenvalue weighted by Crippen LogP contribution is -2.25. The van der Waals surface area contributed by atoms with Crippen LogP contribution in [0.1, 0.15) is 11.1 Å². The van der Waals surface area contributed by atoms with Gasteiger partial charge in [0.15, 0.2) is 11.1 Å². The summed E-state index contributed by atoms with van der Waals surface area (Å²) in [7, 11) is -1.14. The largest absolute Gasteiger partial charge is 0.497 e. The summed E-state index contributed by atoms with van der Waals surface area (Å²) in [4.78, 5) is 0.630. The Hall–Kier alpha value is -3.65. The molecule has 2 N–H and O–H groups in total. The fourth-order valence-corrected chi connectivity index (χ4v) is 5.70. The Morgan fingerprint density at radius 3 is 2.14 bits per heavy atom. The van der Waals surface area contributed by atoms with Crippen molar-refractivity contribution in [1.29, 1.82) is 0 Å². The van der Waals surface area contributed by atoms with Crippen LogP contribution in [0.15, 0.2) is 76.5 Å². The van der Waals surface area contributed by atoms with Gasteiger partial charge in [-0.15, -0.1) is 10.2 Å². The summed E-state index contributed by atoms with van der Waals surface area (Å²) in [5.74, 6) is 1.34. The Morgan fingerprint density at radius 2 is 1.56 bits per heavy atom. The molecule has 0 fully saturated rings. The highest BCUT2D eigenvalue weighted by Crippen LogP contribution is 2.30. The maximum absolute atomic E-state index is 13.3. The summed E-state index contributed by atoms with van der Waals surface area (Å²) >= 11 is -2.58. The van der Waals surface area contributed by atoms with E-state index in [2.05, 4.69) is 20.1 Å². The van der Waals surface area contributed by atoms with Gasteiger partial charge in [0.2, 0.25) is 15.8 Å². The number of hydrogen-bond donors (Lipinski definition) is 2. The van der Waals surface area contributed by atoms with E-state index in [1.54, 1.807) is 43.5 Å². The smallest absolute Gasteiger partial charge is 0.242 e. The Labute approximate surface area is 210 Å². The molecule has 1 heterocycles. The van der Waals surface area contributed by atoms with Gasteiger partial charge in [0.1, 0.15) is 16.4 Å². The Morgan fingerprint density at radius 1 is 0.944 bits per heavy atom. The SMILES string of the molecule is COc1ccc(CNS(=O)(=O)c2c(-c3nnn(Cc4ccc(OC)cc4)n3)cccc2S(=O)O)cc1. The van der Waals surface area contributed by atoms with Crippen molar-refractivity contribution in [2.75, 3.05) is 14.2 Å². The minimum Gasteiger partial charge on any atom is -0.497 e. The predicted molar refractivity (Wildman–Crippen MR) is 131 cm³/mol. The molecule has 4 aromatic rings. The molecule has 1 atom stereocenters. The highest BCUT2D eigenvalue weighted by atomic mass is 32.2. The molecule has 0 aliphatic rings. The number of ether oxygens (including phenoxy) is 2. The molecule has 13 heteroatoms. The van der Waals surface area contributed by atoms with E-state index in [1.807, 2.05) is 12.1 Å². The predicted octanol–water partition coefficient (Wildman–Crippen LogP) is 2.46. The third kappa shape index (κ3) is 5.76. The van der Waals surface area contributed by atoms with E-state index in [-0.39, 0.29) is 34.3 Å². The molecule has 0 aliphatic heterocycles. The van der Waals surface area contributed by atoms with Crippen LogP contribution in [0.4, 0.5) is 0 Å². The molecule has 0 bridgehead atoms. The normalized spacial score (nSPS) is 12.3. The first-order chi connectivity index (χ1) is 17.3. The van der Waals surface area contributed by atoms with Crippen LogP contribution in [-0.4, -0.2) is 51.6 Å². The molecular formula is C23H23N5O6S2. The van der Waals surface area contributed by atoms with Crippen molar-refractivity contribution in [3.8, 4) is 22.9 Å². The van der Waals surface area contributed by atoms with Gasteiger partial charge in [0.05, 0.1) is 25.7 Å². The topological polar surface area (TPSA) is 146 Å². The van der Waals surface area contributed by atoms with Gasteiger partial charge in [0, 0.05) is 12.1 Å². The second kappa shape index (κ2) is 11.0. The molecule has 0 saturated heterocycles. The van der Waals surface area contributed by atoms with Gasteiger partial charge < -0.3 is 14.0 Å². The van der Waals surface area contributed by atoms with E-state index in [9.17, 15) is 17.2 Å². The number of tetrazole rings is 1. The minimum absolute atomic E-state index is 0.000587. The number of hydrogen-bond acceptors (Lipinski definition) is 8. The summed E-state index contributed by atoms with van der Waals surface area (Å²) in [5, 5.41) is 12.3. The Balaban J connectivity index is 1.64. The Kier molecular flexibility index (Phi) is 7.74. The number of benzene rings is 3. The van der Waals surface area contributed by atoms with Crippen molar-refractivity contribution in [2.45, 2.75) is 22.9 Å². The summed E-state index contributed by atoms with van der Waals surface area (Å²) in [6, 6.07) is 18.3. The van der Waals surface area contributed by atoms with Crippen LogP contribution in [0, 0.1) is 0 Å². The third-order valence-corrected chi connectivity index (χ3v) is 7.59. The van der Waals surface area contributed by atoms with Crippen molar-refractivity contribution < 1.29 is 26.7 Å². The first-order valence-corrected chi connectivity index (χ1v) is 13.2. The number of sulfonamides is 1. The number of methoxy groups -OCH3 is 2. The van der Waals surface area contributed by atoms with E-state index in [0.717, 1.165) is 5.56 Å². The molecule has 0 spiro atoms. The van der Waals surface area contributed by atoms with Gasteiger partial charge in [-0.05, 0) is 52.7 Å². The lowest BCUT2D eigenvalue weighted by Gasteiger charge is -2.13. The second-order valence-corrected chi connectivity index (χ2v) is 10.2. The van der Waals surface area contributed by atoms with Crippen LogP contribution >= 0.6 is 0 Å². The monoisotopic (exact) mass is 529 g/mol. The van der Waals surface area contributed by atoms with Crippen LogP contribution in [0.25, 0.3) is 11.4 Å². The van der Waals surface area contributed by atoms with Crippen molar-refractivity contribution in [1.82, 2.24) is 24.9 Å². The summed E-state index contributed by atoms with van der Waals surface area (Å²) in [6.45, 7) is 0.232. The van der Waals surface area contributed by atoms with Crippen LogP contribution in [0.5, 0.6) is 11.5 Å². The van der Waals surface area contributed by atoms with Gasteiger partial charge >= 0.3 is 0 Å². The number of nitrogens with zero attached hydrogens (tertiary/aromatic N) is 4. The molecule has 3 aromatic carbocycles. The maximum atomic E-state index is 13.3. The van der Waals surface area contributed by atoms with Gasteiger partial charge in [-0.3, -0.25) is 0 Å². The van der Waals surface area contributed by atoms with E-state index in [4.69, 9.17) is 9.47 Å². The molecule has 0 aliphatic carbocycles. The first-order valence-electron chi connectivity index (χ1n) is 10.6. The molecule has 36 heavy (non-hydrogen) atoms. The quantitative estimate of drug-likeness (QED) is 0.296. The fourth-order valence-electron chi connectivity index (χ4n) is 3.41. The molecule has 1 unspecified atom stereocenters. The maximum Gasteiger partial charge on any atom is 0.242 e. The van der Waals surface area contributed by atoms with Gasteiger partial charge in [0.25, 0.3) is 0 Å². The fraction of sp³-hybridized carbons (Fsp3) is 0.174. The van der Waals surface area contributed by atoms with E-state index < -0.39 is 21.1 Å². The zero-order valence-electron chi connectivity index (χ0n) is 19.4. The standard InChI is InChI=1S/C23H23N5O6S2/c1-33-18-10-6-16(7-11-18)14-24-36(31,32)22-20(4-3-5-21(22)35(29)30)23-25-27-28(26-23)15-17-8-12-19(34-2)13-9-17/h3-13,24H,14-15H2,1-2H3,(H,29,30). The number of rotatable bonds is 10. The number of nitrogens with one attached hydrogen (secondary N) is 1. The van der Waals surface area contributed by atoms with Crippen molar-refractivity contribution in [3.63, 3.8) is 0 Å². The first kappa shape index (κ1) is 25.4. The molecule has 0 saturated carbocycles. The zero-order valence-corrected chi connectivity index (χ0v) is 21.0. The minimum atomic E-state index is -4.25. The molecule has 188 valence electrons. The van der Waals surface area contributed by atoms with Crippen LogP contribution < -0.4 is 14.2 Å². The van der Waals surface area contributed by atoms with Crippen LogP contribution in [0.2, 0.25) is 0 Å². The lowest BCUT2D eigenvalue weighted by atomic mass is 10.2. The van der Waals surface area contributed by atoms with E-state index >= 15 is 0 Å². The third-order valence-electron chi connectivity index (χ3n) is 5.24. The zero-order chi connectivity index (χ0) is 25.7. The van der Waals surface area contributed by atoms with Crippen molar-refractivity contribution in [3.05, 3.63) is 77.9 Å². The van der Waals surface area contributed by atoms with E-state index in [1.165, 1.54) is 30.1 Å². The average Bonchev–Trinajstić information content (AvgIpc) is 3.36. The lowest BCUT2D eigenvalue weighted by molar-refractivity contribution is 0.414. The van der Waals surface area contributed by atoms with Gasteiger partial charge in [-0.25, -0.2) is 17.3 Å². The molecule has 11 nitrogen and oxygen atoms in total. The Bertz CT molecular complexity index is 1470. The van der Waals surface area contributed by atoms with Crippen molar-refractivity contribution >= 4 is 21.1 Å². The molecule has 0 radical (unpaired) electrons. The number of aromatic nitrogens is 4. The van der Waals surface area contributed by atoms with Gasteiger partial charge in [-0.2, -0.15) is 4.80 Å².